The molecule has 1 rings (SSSR count). The average molecular weight is 225 g/mol. The summed E-state index contributed by atoms with van der Waals surface area (Å²) in [4.78, 5) is 14.0. The van der Waals surface area contributed by atoms with Gasteiger partial charge < -0.3 is 4.90 Å². The highest BCUT2D eigenvalue weighted by Gasteiger charge is 2.24. The normalized spacial score (nSPS) is 20.2. The second-order valence-electron chi connectivity index (χ2n) is 5.68. The Balaban J connectivity index is 2.33. The number of rotatable bonds is 4. The molecule has 1 aliphatic heterocycles. The Hall–Kier alpha value is -0.530. The summed E-state index contributed by atoms with van der Waals surface area (Å²) in [6.07, 6.45) is 4.24. The number of nitrogens with zero attached hydrogens (tertiary/aromatic N) is 1. The zero-order valence-electron chi connectivity index (χ0n) is 11.3. The van der Waals surface area contributed by atoms with Crippen molar-refractivity contribution in [3.63, 3.8) is 0 Å². The van der Waals surface area contributed by atoms with E-state index in [0.29, 0.717) is 11.8 Å². The Bertz CT molecular complexity index is 217. The summed E-state index contributed by atoms with van der Waals surface area (Å²) in [7, 11) is 0. The number of likely N-dealkylation sites (tertiary alicyclic amines) is 1. The van der Waals surface area contributed by atoms with E-state index in [0.717, 1.165) is 37.8 Å². The highest BCUT2D eigenvalue weighted by atomic mass is 16.2. The molecule has 0 radical (unpaired) electrons. The number of carbonyl (C=O) groups excluding carboxylic acids is 1. The van der Waals surface area contributed by atoms with Crippen LogP contribution in [-0.4, -0.2) is 23.9 Å². The van der Waals surface area contributed by atoms with Crippen molar-refractivity contribution < 1.29 is 4.79 Å². The van der Waals surface area contributed by atoms with Gasteiger partial charge in [-0.25, -0.2) is 0 Å². The molecule has 0 aromatic heterocycles. The molecule has 0 spiro atoms. The summed E-state index contributed by atoms with van der Waals surface area (Å²) in [6.45, 7) is 10.9. The molecule has 1 aliphatic rings. The molecular weight excluding hydrogens is 198 g/mol. The first-order chi connectivity index (χ1) is 7.54. The first-order valence-corrected chi connectivity index (χ1v) is 6.82. The molecule has 0 saturated carbocycles. The van der Waals surface area contributed by atoms with E-state index >= 15 is 0 Å². The lowest BCUT2D eigenvalue weighted by Gasteiger charge is -2.34. The van der Waals surface area contributed by atoms with Crippen LogP contribution in [0, 0.1) is 17.8 Å². The maximum atomic E-state index is 12.0. The van der Waals surface area contributed by atoms with Crippen LogP contribution in [0.1, 0.15) is 53.4 Å². The molecule has 1 fully saturated rings. The molecule has 0 aliphatic carbocycles. The van der Waals surface area contributed by atoms with Crippen molar-refractivity contribution in [2.24, 2.45) is 17.8 Å². The van der Waals surface area contributed by atoms with Crippen molar-refractivity contribution in [1.29, 1.82) is 0 Å². The Kier molecular flexibility index (Phi) is 5.30. The van der Waals surface area contributed by atoms with Crippen molar-refractivity contribution in [1.82, 2.24) is 4.90 Å². The van der Waals surface area contributed by atoms with Gasteiger partial charge in [-0.3, -0.25) is 4.79 Å². The van der Waals surface area contributed by atoms with Gasteiger partial charge >= 0.3 is 0 Å². The van der Waals surface area contributed by atoms with E-state index in [1.807, 2.05) is 0 Å². The number of hydrogen-bond donors (Lipinski definition) is 0. The Labute approximate surface area is 100 Å². The van der Waals surface area contributed by atoms with Gasteiger partial charge in [-0.2, -0.15) is 0 Å². The van der Waals surface area contributed by atoms with Crippen LogP contribution >= 0.6 is 0 Å². The zero-order valence-corrected chi connectivity index (χ0v) is 11.3. The maximum Gasteiger partial charge on any atom is 0.222 e. The molecule has 16 heavy (non-hydrogen) atoms. The summed E-state index contributed by atoms with van der Waals surface area (Å²) in [5, 5.41) is 0. The van der Waals surface area contributed by atoms with Crippen molar-refractivity contribution in [3.8, 4) is 0 Å². The third-order valence-electron chi connectivity index (χ3n) is 4.06. The van der Waals surface area contributed by atoms with E-state index in [9.17, 15) is 4.79 Å². The molecule has 2 nitrogen and oxygen atoms in total. The molecule has 2 heteroatoms. The van der Waals surface area contributed by atoms with Crippen molar-refractivity contribution in [2.75, 3.05) is 13.1 Å². The van der Waals surface area contributed by atoms with Gasteiger partial charge in [0.05, 0.1) is 0 Å². The van der Waals surface area contributed by atoms with Crippen molar-refractivity contribution in [2.45, 2.75) is 53.4 Å². The van der Waals surface area contributed by atoms with Gasteiger partial charge in [0.1, 0.15) is 0 Å². The van der Waals surface area contributed by atoms with Gasteiger partial charge in [-0.15, -0.1) is 0 Å². The first-order valence-electron chi connectivity index (χ1n) is 6.82. The molecule has 94 valence electrons. The largest absolute Gasteiger partial charge is 0.343 e. The predicted molar refractivity (Wildman–Crippen MR) is 68.2 cm³/mol. The maximum absolute atomic E-state index is 12.0. The minimum Gasteiger partial charge on any atom is -0.343 e. The summed E-state index contributed by atoms with van der Waals surface area (Å²) < 4.78 is 0. The van der Waals surface area contributed by atoms with Gasteiger partial charge in [0, 0.05) is 19.5 Å². The zero-order chi connectivity index (χ0) is 12.1. The van der Waals surface area contributed by atoms with Gasteiger partial charge in [0.15, 0.2) is 0 Å². The number of hydrogen-bond acceptors (Lipinski definition) is 1. The van der Waals surface area contributed by atoms with Crippen LogP contribution in [0.15, 0.2) is 0 Å². The van der Waals surface area contributed by atoms with E-state index < -0.39 is 0 Å². The summed E-state index contributed by atoms with van der Waals surface area (Å²) in [5.41, 5.74) is 0. The molecule has 0 bridgehead atoms. The second kappa shape index (κ2) is 6.27. The predicted octanol–water partition coefficient (Wildman–Crippen LogP) is 3.32. The minimum atomic E-state index is 0.372. The van der Waals surface area contributed by atoms with E-state index in [1.165, 1.54) is 12.8 Å². The summed E-state index contributed by atoms with van der Waals surface area (Å²) in [5.74, 6) is 2.51. The molecular formula is C14H27NO. The summed E-state index contributed by atoms with van der Waals surface area (Å²) >= 11 is 0. The number of carbonyl (C=O) groups is 1. The minimum absolute atomic E-state index is 0.372. The lowest BCUT2D eigenvalue weighted by molar-refractivity contribution is -0.133. The third-order valence-corrected chi connectivity index (χ3v) is 4.06. The number of piperidine rings is 1. The highest BCUT2D eigenvalue weighted by molar-refractivity contribution is 5.76. The quantitative estimate of drug-likeness (QED) is 0.718. The standard InChI is InChI=1S/C14H27NO/c1-5-12(4)10-14(16)15-8-6-13(7-9-15)11(2)3/h11-13H,5-10H2,1-4H3. The molecule has 0 aromatic carbocycles. The van der Waals surface area contributed by atoms with Crippen molar-refractivity contribution >= 4 is 5.91 Å². The Morgan fingerprint density at radius 2 is 1.81 bits per heavy atom. The molecule has 0 N–H and O–H groups in total. The molecule has 1 saturated heterocycles. The summed E-state index contributed by atoms with van der Waals surface area (Å²) in [6, 6.07) is 0. The van der Waals surface area contributed by atoms with Crippen LogP contribution in [0.2, 0.25) is 0 Å². The molecule has 0 aromatic rings. The second-order valence-corrected chi connectivity index (χ2v) is 5.68. The highest BCUT2D eigenvalue weighted by Crippen LogP contribution is 2.25. The van der Waals surface area contributed by atoms with E-state index in [-0.39, 0.29) is 0 Å². The lowest BCUT2D eigenvalue weighted by Crippen LogP contribution is -2.40. The van der Waals surface area contributed by atoms with Gasteiger partial charge in [-0.1, -0.05) is 34.1 Å². The molecule has 1 amide bonds. The lowest BCUT2D eigenvalue weighted by atomic mass is 9.86. The van der Waals surface area contributed by atoms with E-state index in [4.69, 9.17) is 0 Å². The first kappa shape index (κ1) is 13.5. The Morgan fingerprint density at radius 3 is 2.25 bits per heavy atom. The number of amides is 1. The molecule has 1 atom stereocenters. The van der Waals surface area contributed by atoms with Gasteiger partial charge in [0.2, 0.25) is 5.91 Å². The SMILES string of the molecule is CCC(C)CC(=O)N1CCC(C(C)C)CC1. The van der Waals surface area contributed by atoms with Gasteiger partial charge in [0.25, 0.3) is 0 Å². The molecule has 1 heterocycles. The van der Waals surface area contributed by atoms with Crippen LogP contribution in [0.25, 0.3) is 0 Å². The topological polar surface area (TPSA) is 20.3 Å². The average Bonchev–Trinajstić information content (AvgIpc) is 2.28. The van der Waals surface area contributed by atoms with E-state index in [1.54, 1.807) is 0 Å². The third kappa shape index (κ3) is 3.80. The van der Waals surface area contributed by atoms with Crippen LogP contribution in [0.4, 0.5) is 0 Å². The molecule has 1 unspecified atom stereocenters. The smallest absolute Gasteiger partial charge is 0.222 e. The Morgan fingerprint density at radius 1 is 1.25 bits per heavy atom. The van der Waals surface area contributed by atoms with Crippen molar-refractivity contribution in [3.05, 3.63) is 0 Å². The fourth-order valence-electron chi connectivity index (χ4n) is 2.39. The fraction of sp³-hybridized carbons (Fsp3) is 0.929. The fourth-order valence-corrected chi connectivity index (χ4v) is 2.39. The van der Waals surface area contributed by atoms with Crippen LogP contribution < -0.4 is 0 Å². The van der Waals surface area contributed by atoms with E-state index in [2.05, 4.69) is 32.6 Å². The van der Waals surface area contributed by atoms with Crippen LogP contribution in [-0.2, 0) is 4.79 Å². The monoisotopic (exact) mass is 225 g/mol. The van der Waals surface area contributed by atoms with Gasteiger partial charge in [-0.05, 0) is 30.6 Å². The van der Waals surface area contributed by atoms with Crippen LogP contribution in [0.5, 0.6) is 0 Å². The van der Waals surface area contributed by atoms with Crippen LogP contribution in [0.3, 0.4) is 0 Å².